The van der Waals surface area contributed by atoms with Crippen molar-refractivity contribution < 1.29 is 14.6 Å². The zero-order valence-electron chi connectivity index (χ0n) is 10.3. The monoisotopic (exact) mass is 237 g/mol. The first-order valence-corrected chi connectivity index (χ1v) is 5.82. The van der Waals surface area contributed by atoms with Crippen LogP contribution in [0, 0.1) is 0 Å². The molecule has 1 atom stereocenters. The summed E-state index contributed by atoms with van der Waals surface area (Å²) < 4.78 is 5.45. The number of rotatable bonds is 6. The number of aliphatic hydroxyl groups is 1. The lowest BCUT2D eigenvalue weighted by Crippen LogP contribution is -2.34. The van der Waals surface area contributed by atoms with Gasteiger partial charge in [0.15, 0.2) is 0 Å². The third-order valence-corrected chi connectivity index (χ3v) is 2.22. The van der Waals surface area contributed by atoms with Crippen LogP contribution in [0.15, 0.2) is 24.3 Å². The van der Waals surface area contributed by atoms with E-state index in [9.17, 15) is 4.79 Å². The Balaban J connectivity index is 2.66. The molecule has 0 fully saturated rings. The Morgan fingerprint density at radius 2 is 2.29 bits per heavy atom. The van der Waals surface area contributed by atoms with E-state index < -0.39 is 0 Å². The minimum atomic E-state index is -0.247. The quantitative estimate of drug-likeness (QED) is 0.790. The zero-order chi connectivity index (χ0) is 12.7. The molecule has 1 unspecified atom stereocenters. The Kier molecular flexibility index (Phi) is 5.49. The fraction of sp³-hybridized carbons (Fsp3) is 0.462. The lowest BCUT2D eigenvalue weighted by Gasteiger charge is -2.11. The van der Waals surface area contributed by atoms with Crippen LogP contribution in [0.1, 0.15) is 30.6 Å². The first-order valence-electron chi connectivity index (χ1n) is 5.82. The van der Waals surface area contributed by atoms with Gasteiger partial charge < -0.3 is 15.2 Å². The second-order valence-electron chi connectivity index (χ2n) is 3.93. The highest BCUT2D eigenvalue weighted by Crippen LogP contribution is 2.13. The van der Waals surface area contributed by atoms with Gasteiger partial charge in [0.2, 0.25) is 0 Å². The molecule has 4 nitrogen and oxygen atoms in total. The van der Waals surface area contributed by atoms with Crippen molar-refractivity contribution in [3.63, 3.8) is 0 Å². The van der Waals surface area contributed by atoms with E-state index >= 15 is 0 Å². The van der Waals surface area contributed by atoms with Crippen LogP contribution in [0.25, 0.3) is 0 Å². The molecule has 0 bridgehead atoms. The molecule has 94 valence electrons. The van der Waals surface area contributed by atoms with Gasteiger partial charge in [-0.25, -0.2) is 0 Å². The maximum absolute atomic E-state index is 11.8. The van der Waals surface area contributed by atoms with Crippen LogP contribution in [-0.2, 0) is 0 Å². The Bertz CT molecular complexity index is 365. The van der Waals surface area contributed by atoms with E-state index in [0.29, 0.717) is 17.9 Å². The smallest absolute Gasteiger partial charge is 0.251 e. The minimum Gasteiger partial charge on any atom is -0.494 e. The first-order chi connectivity index (χ1) is 8.17. The van der Waals surface area contributed by atoms with Crippen molar-refractivity contribution in [2.75, 3.05) is 13.2 Å². The Morgan fingerprint density at radius 3 is 2.94 bits per heavy atom. The summed E-state index contributed by atoms with van der Waals surface area (Å²) in [6.45, 7) is 4.34. The van der Waals surface area contributed by atoms with Gasteiger partial charge in [-0.2, -0.15) is 0 Å². The first kappa shape index (κ1) is 13.5. The molecule has 0 saturated carbocycles. The number of nitrogens with one attached hydrogen (secondary N) is 1. The summed E-state index contributed by atoms with van der Waals surface area (Å²) in [6.07, 6.45) is 0.929. The van der Waals surface area contributed by atoms with Crippen LogP contribution < -0.4 is 10.1 Å². The normalized spacial score (nSPS) is 11.9. The molecule has 0 radical (unpaired) electrons. The summed E-state index contributed by atoms with van der Waals surface area (Å²) >= 11 is 0. The number of carbonyl (C=O) groups excluding carboxylic acids is 1. The van der Waals surface area contributed by atoms with Gasteiger partial charge in [0, 0.05) is 11.6 Å². The summed E-state index contributed by atoms with van der Waals surface area (Å²) in [5, 5.41) is 11.5. The van der Waals surface area contributed by atoms with Gasteiger partial charge in [-0.05, 0) is 31.5 Å². The summed E-state index contributed by atoms with van der Waals surface area (Å²) in [7, 11) is 0. The topological polar surface area (TPSA) is 58.6 Å². The number of aliphatic hydroxyl groups excluding tert-OH is 1. The van der Waals surface area contributed by atoms with Gasteiger partial charge in [-0.15, -0.1) is 0 Å². The Hall–Kier alpha value is -1.55. The van der Waals surface area contributed by atoms with Crippen molar-refractivity contribution in [1.82, 2.24) is 5.32 Å². The van der Waals surface area contributed by atoms with E-state index in [2.05, 4.69) is 5.32 Å². The molecule has 1 rings (SSSR count). The van der Waals surface area contributed by atoms with E-state index in [1.165, 1.54) is 0 Å². The summed E-state index contributed by atoms with van der Waals surface area (Å²) in [5.74, 6) is 0.490. The van der Waals surface area contributed by atoms with Crippen molar-refractivity contribution in [3.05, 3.63) is 29.8 Å². The predicted octanol–water partition coefficient (Wildman–Crippen LogP) is 1.59. The van der Waals surface area contributed by atoms with Gasteiger partial charge in [0.25, 0.3) is 5.91 Å². The number of hydrogen-bond acceptors (Lipinski definition) is 3. The highest BCUT2D eigenvalue weighted by atomic mass is 16.5. The van der Waals surface area contributed by atoms with Crippen LogP contribution in [0.5, 0.6) is 5.75 Å². The van der Waals surface area contributed by atoms with E-state index in [1.54, 1.807) is 25.1 Å². The van der Waals surface area contributed by atoms with Gasteiger partial charge >= 0.3 is 0 Å². The molecule has 0 spiro atoms. The maximum atomic E-state index is 11.8. The van der Waals surface area contributed by atoms with Gasteiger partial charge in [0.1, 0.15) is 5.75 Å². The molecule has 1 aromatic rings. The molecule has 0 aliphatic rings. The van der Waals surface area contributed by atoms with Crippen molar-refractivity contribution >= 4 is 5.91 Å². The Labute approximate surface area is 102 Å². The molecule has 1 amide bonds. The summed E-state index contributed by atoms with van der Waals surface area (Å²) in [5.41, 5.74) is 0.541. The highest BCUT2D eigenvalue weighted by molar-refractivity contribution is 5.94. The fourth-order valence-corrected chi connectivity index (χ4v) is 1.30. The molecule has 2 N–H and O–H groups in total. The molecule has 17 heavy (non-hydrogen) atoms. The van der Waals surface area contributed by atoms with E-state index in [-0.39, 0.29) is 18.6 Å². The van der Waals surface area contributed by atoms with Crippen LogP contribution in [-0.4, -0.2) is 30.3 Å². The molecule has 0 aliphatic heterocycles. The van der Waals surface area contributed by atoms with Crippen LogP contribution in [0.2, 0.25) is 0 Å². The predicted molar refractivity (Wildman–Crippen MR) is 66.2 cm³/mol. The number of amides is 1. The number of hydrogen-bond donors (Lipinski definition) is 2. The molecule has 4 heteroatoms. The van der Waals surface area contributed by atoms with Crippen LogP contribution >= 0.6 is 0 Å². The van der Waals surface area contributed by atoms with E-state index in [1.807, 2.05) is 13.0 Å². The highest BCUT2D eigenvalue weighted by Gasteiger charge is 2.09. The van der Waals surface area contributed by atoms with Gasteiger partial charge in [-0.3, -0.25) is 4.79 Å². The lowest BCUT2D eigenvalue weighted by atomic mass is 10.2. The van der Waals surface area contributed by atoms with Crippen LogP contribution in [0.3, 0.4) is 0 Å². The average Bonchev–Trinajstić information content (AvgIpc) is 2.36. The zero-order valence-corrected chi connectivity index (χ0v) is 10.3. The third kappa shape index (κ3) is 4.44. The van der Waals surface area contributed by atoms with Gasteiger partial charge in [-0.1, -0.05) is 13.0 Å². The van der Waals surface area contributed by atoms with Crippen molar-refractivity contribution in [3.8, 4) is 5.75 Å². The van der Waals surface area contributed by atoms with E-state index in [4.69, 9.17) is 9.84 Å². The largest absolute Gasteiger partial charge is 0.494 e. The standard InChI is InChI=1S/C13H19NO3/c1-3-7-17-12-6-4-5-11(8-12)13(16)14-10(2)9-15/h4-6,8,10,15H,3,7,9H2,1-2H3,(H,14,16). The van der Waals surface area contributed by atoms with Crippen molar-refractivity contribution in [2.24, 2.45) is 0 Å². The maximum Gasteiger partial charge on any atom is 0.251 e. The number of benzene rings is 1. The third-order valence-electron chi connectivity index (χ3n) is 2.22. The molecule has 0 heterocycles. The molecule has 0 aromatic heterocycles. The average molecular weight is 237 g/mol. The SMILES string of the molecule is CCCOc1cccc(C(=O)NC(C)CO)c1. The second kappa shape index (κ2) is 6.91. The number of ether oxygens (including phenoxy) is 1. The molecular weight excluding hydrogens is 218 g/mol. The molecule has 0 saturated heterocycles. The molecule has 1 aromatic carbocycles. The van der Waals surface area contributed by atoms with Crippen molar-refractivity contribution in [2.45, 2.75) is 26.3 Å². The molecular formula is C13H19NO3. The lowest BCUT2D eigenvalue weighted by molar-refractivity contribution is 0.0922. The minimum absolute atomic E-state index is 0.0717. The number of carbonyl (C=O) groups is 1. The van der Waals surface area contributed by atoms with Gasteiger partial charge in [0.05, 0.1) is 13.2 Å². The van der Waals surface area contributed by atoms with E-state index in [0.717, 1.165) is 6.42 Å². The van der Waals surface area contributed by atoms with Crippen molar-refractivity contribution in [1.29, 1.82) is 0 Å². The second-order valence-corrected chi connectivity index (χ2v) is 3.93. The summed E-state index contributed by atoms with van der Waals surface area (Å²) in [6, 6.07) is 6.78. The summed E-state index contributed by atoms with van der Waals surface area (Å²) in [4.78, 5) is 11.8. The Morgan fingerprint density at radius 1 is 1.53 bits per heavy atom. The molecule has 0 aliphatic carbocycles. The van der Waals surface area contributed by atoms with Crippen LogP contribution in [0.4, 0.5) is 0 Å². The fourth-order valence-electron chi connectivity index (χ4n) is 1.30.